The number of hydrogen-bond donors (Lipinski definition) is 0. The van der Waals surface area contributed by atoms with Crippen LogP contribution in [-0.4, -0.2) is 22.6 Å². The summed E-state index contributed by atoms with van der Waals surface area (Å²) in [5, 5.41) is 7.21. The van der Waals surface area contributed by atoms with Crippen LogP contribution >= 0.6 is 16.3 Å². The Bertz CT molecular complexity index is 478. The molecule has 26 heavy (non-hydrogen) atoms. The maximum absolute atomic E-state index is 7.21. The Morgan fingerprint density at radius 2 is 1.12 bits per heavy atom. The van der Waals surface area contributed by atoms with Crippen LogP contribution in [0.25, 0.3) is 0 Å². The van der Waals surface area contributed by atoms with Gasteiger partial charge in [0.2, 0.25) is 0 Å². The van der Waals surface area contributed by atoms with E-state index in [-0.39, 0.29) is 16.5 Å². The van der Waals surface area contributed by atoms with Crippen molar-refractivity contribution in [1.82, 2.24) is 0 Å². The molecular formula is C20H33NNiO2P2. The van der Waals surface area contributed by atoms with Gasteiger partial charge < -0.3 is 16.0 Å². The van der Waals surface area contributed by atoms with Gasteiger partial charge in [0.05, 0.1) is 16.3 Å². The second kappa shape index (κ2) is 14.6. The van der Waals surface area contributed by atoms with Crippen LogP contribution in [0.15, 0.2) is 18.2 Å². The van der Waals surface area contributed by atoms with Gasteiger partial charge in [-0.25, -0.2) is 5.26 Å². The first-order chi connectivity index (χ1) is 11.6. The predicted octanol–water partition coefficient (Wildman–Crippen LogP) is 7.01. The fourth-order valence-electron chi connectivity index (χ4n) is 2.38. The summed E-state index contributed by atoms with van der Waals surface area (Å²) in [7, 11) is -0.988. The molecule has 1 aromatic carbocycles. The minimum absolute atomic E-state index is 0. The van der Waals surface area contributed by atoms with E-state index in [9.17, 15) is 0 Å². The molecule has 0 aromatic heterocycles. The summed E-state index contributed by atoms with van der Waals surface area (Å²) in [6, 6.07) is 10.8. The smallest absolute Gasteiger partial charge is 0.499 e. The Hall–Kier alpha value is -0.466. The topological polar surface area (TPSA) is 42.2 Å². The normalized spacial score (nSPS) is 10.7. The molecule has 0 saturated heterocycles. The van der Waals surface area contributed by atoms with Crippen molar-refractivity contribution < 1.29 is 25.5 Å². The van der Waals surface area contributed by atoms with Crippen LogP contribution in [0.2, 0.25) is 0 Å². The van der Waals surface area contributed by atoms with Gasteiger partial charge >= 0.3 is 16.5 Å². The van der Waals surface area contributed by atoms with Crippen molar-refractivity contribution in [2.24, 2.45) is 0 Å². The maximum atomic E-state index is 7.21. The largest absolute Gasteiger partial charge is 2.00 e. The molecular weight excluding hydrogens is 407 g/mol. The molecule has 0 N–H and O–H groups in total. The van der Waals surface area contributed by atoms with E-state index in [4.69, 9.17) is 14.3 Å². The summed E-state index contributed by atoms with van der Waals surface area (Å²) in [6.45, 7) is 20.6. The monoisotopic (exact) mass is 439 g/mol. The van der Waals surface area contributed by atoms with E-state index < -0.39 is 16.3 Å². The van der Waals surface area contributed by atoms with Crippen LogP contribution in [0.4, 0.5) is 0 Å². The fourth-order valence-corrected chi connectivity index (χ4v) is 6.27. The third-order valence-corrected chi connectivity index (χ3v) is 8.07. The molecule has 1 aromatic rings. The Kier molecular flexibility index (Phi) is 15.6. The third-order valence-electron chi connectivity index (χ3n) is 3.18. The van der Waals surface area contributed by atoms with Gasteiger partial charge in [-0.2, -0.15) is 6.07 Å². The van der Waals surface area contributed by atoms with Gasteiger partial charge in [0.25, 0.3) is 0 Å². The first kappa shape index (κ1) is 27.7. The number of nitrogens with zero attached hydrogens (tertiary/aromatic N) is 1. The average Bonchev–Trinajstić information content (AvgIpc) is 2.50. The van der Waals surface area contributed by atoms with Gasteiger partial charge in [-0.15, -0.1) is 18.2 Å². The molecule has 0 unspecified atom stereocenters. The van der Waals surface area contributed by atoms with E-state index in [0.29, 0.717) is 22.6 Å². The first-order valence-electron chi connectivity index (χ1n) is 8.75. The van der Waals surface area contributed by atoms with Gasteiger partial charge in [0.1, 0.15) is 0 Å². The van der Waals surface area contributed by atoms with Gasteiger partial charge in [0, 0.05) is 34.1 Å². The predicted molar refractivity (Wildman–Crippen MR) is 112 cm³/mol. The van der Waals surface area contributed by atoms with Crippen molar-refractivity contribution in [3.05, 3.63) is 31.2 Å². The van der Waals surface area contributed by atoms with Crippen LogP contribution in [-0.2, 0) is 16.5 Å². The molecule has 1 rings (SSSR count). The molecule has 3 nitrogen and oxygen atoms in total. The van der Waals surface area contributed by atoms with Crippen molar-refractivity contribution >= 4 is 16.3 Å². The second-order valence-corrected chi connectivity index (χ2v) is 12.8. The standard InChI is InChI=1S/C18H31O2P2.C2H2N.Ni/c1-13(2)21(14(3)4)19-17-10-9-11-18(12-17)20-22(15(5)6)16(7)8;1-2-3;/h9-11,13-16H,1-8H3;1H2;/q2*-1;+2. The molecule has 0 aliphatic rings. The second-order valence-electron chi connectivity index (χ2n) is 6.81. The zero-order chi connectivity index (χ0) is 19.6. The minimum atomic E-state index is -0.494. The summed E-state index contributed by atoms with van der Waals surface area (Å²) >= 11 is 0. The van der Waals surface area contributed by atoms with Gasteiger partial charge in [0.15, 0.2) is 0 Å². The number of hydrogen-bond acceptors (Lipinski definition) is 3. The van der Waals surface area contributed by atoms with Crippen molar-refractivity contribution in [1.29, 1.82) is 5.26 Å². The van der Waals surface area contributed by atoms with Crippen LogP contribution < -0.4 is 9.05 Å². The van der Waals surface area contributed by atoms with Crippen molar-refractivity contribution in [3.63, 3.8) is 0 Å². The molecule has 150 valence electrons. The minimum Gasteiger partial charge on any atom is -0.499 e. The van der Waals surface area contributed by atoms with Crippen LogP contribution in [0.5, 0.6) is 11.5 Å². The summed E-state index contributed by atoms with van der Waals surface area (Å²) in [5.41, 5.74) is 2.15. The van der Waals surface area contributed by atoms with E-state index in [2.05, 4.69) is 68.4 Å². The maximum Gasteiger partial charge on any atom is 2.00 e. The molecule has 0 amide bonds. The summed E-state index contributed by atoms with van der Waals surface area (Å²) in [6.07, 6.45) is 0. The zero-order valence-corrected chi connectivity index (χ0v) is 20.0. The van der Waals surface area contributed by atoms with Crippen LogP contribution in [0, 0.1) is 24.3 Å². The van der Waals surface area contributed by atoms with Gasteiger partial charge in [-0.3, -0.25) is 0 Å². The van der Waals surface area contributed by atoms with Crippen LogP contribution in [0.3, 0.4) is 0 Å². The summed E-state index contributed by atoms with van der Waals surface area (Å²) < 4.78 is 12.4. The Labute approximate surface area is 173 Å². The van der Waals surface area contributed by atoms with Crippen molar-refractivity contribution in [2.75, 3.05) is 0 Å². The van der Waals surface area contributed by atoms with Crippen LogP contribution in [0.1, 0.15) is 55.4 Å². The number of benzene rings is 1. The number of nitriles is 1. The quantitative estimate of drug-likeness (QED) is 0.248. The van der Waals surface area contributed by atoms with Gasteiger partial charge in [-0.05, 0) is 0 Å². The molecule has 0 radical (unpaired) electrons. The summed E-state index contributed by atoms with van der Waals surface area (Å²) in [5.74, 6) is 1.63. The van der Waals surface area contributed by atoms with E-state index in [1.54, 1.807) is 0 Å². The van der Waals surface area contributed by atoms with E-state index in [1.165, 1.54) is 6.07 Å². The average molecular weight is 440 g/mol. The van der Waals surface area contributed by atoms with Crippen molar-refractivity contribution in [2.45, 2.75) is 78.0 Å². The molecule has 6 heteroatoms. The van der Waals surface area contributed by atoms with Crippen molar-refractivity contribution in [3.8, 4) is 17.6 Å². The fraction of sp³-hybridized carbons (Fsp3) is 0.600. The van der Waals surface area contributed by atoms with E-state index >= 15 is 0 Å². The molecule has 0 atom stereocenters. The SMILES string of the molecule is CC(C)P(Oc1[c-]c(OP(C(C)C)C(C)C)ccc1)C(C)C.[CH2-]C#N.[Ni+2]. The van der Waals surface area contributed by atoms with Gasteiger partial charge in [-0.1, -0.05) is 61.5 Å². The zero-order valence-electron chi connectivity index (χ0n) is 17.2. The molecule has 0 saturated carbocycles. The molecule has 0 bridgehead atoms. The number of rotatable bonds is 8. The first-order valence-corrected chi connectivity index (χ1v) is 11.5. The Morgan fingerprint density at radius 3 is 1.35 bits per heavy atom. The molecule has 0 spiro atoms. The summed E-state index contributed by atoms with van der Waals surface area (Å²) in [4.78, 5) is 0. The Balaban J connectivity index is 0. The molecule has 0 aliphatic carbocycles. The van der Waals surface area contributed by atoms with E-state index in [1.807, 2.05) is 18.2 Å². The molecule has 0 fully saturated rings. The third kappa shape index (κ3) is 10.6. The molecule has 0 aliphatic heterocycles. The Morgan fingerprint density at radius 1 is 0.846 bits per heavy atom. The van der Waals surface area contributed by atoms with E-state index in [0.717, 1.165) is 11.5 Å². The molecule has 0 heterocycles.